The SMILES string of the molecule is CN(CCCC1CC(c2ccc(F)cc2)NN1)S(=O)(=O)N(C)C1CCCCC1. The van der Waals surface area contributed by atoms with E-state index in [1.54, 1.807) is 30.5 Å². The Bertz CT molecular complexity index is 722. The Kier molecular flexibility index (Phi) is 7.44. The molecule has 1 aliphatic carbocycles. The Balaban J connectivity index is 1.43. The van der Waals surface area contributed by atoms with Crippen LogP contribution in [-0.2, 0) is 10.2 Å². The fourth-order valence-corrected chi connectivity index (χ4v) is 5.64. The van der Waals surface area contributed by atoms with E-state index in [4.69, 9.17) is 0 Å². The first kappa shape index (κ1) is 21.6. The average molecular weight is 413 g/mol. The summed E-state index contributed by atoms with van der Waals surface area (Å²) in [5, 5.41) is 0. The summed E-state index contributed by atoms with van der Waals surface area (Å²) in [7, 11) is -0.000404. The highest BCUT2D eigenvalue weighted by atomic mass is 32.2. The molecule has 8 heteroatoms. The van der Waals surface area contributed by atoms with Crippen molar-refractivity contribution in [3.8, 4) is 0 Å². The fraction of sp³-hybridized carbons (Fsp3) is 0.700. The molecule has 0 aromatic heterocycles. The number of halogens is 1. The summed E-state index contributed by atoms with van der Waals surface area (Å²) in [4.78, 5) is 0. The number of nitrogens with one attached hydrogen (secondary N) is 2. The lowest BCUT2D eigenvalue weighted by atomic mass is 9.96. The van der Waals surface area contributed by atoms with Crippen LogP contribution in [0.4, 0.5) is 4.39 Å². The Labute approximate surface area is 168 Å². The van der Waals surface area contributed by atoms with Crippen molar-refractivity contribution in [2.75, 3.05) is 20.6 Å². The van der Waals surface area contributed by atoms with E-state index in [1.165, 1.54) is 22.9 Å². The number of hydrazine groups is 1. The molecule has 2 aliphatic rings. The molecule has 0 amide bonds. The number of hydrogen-bond donors (Lipinski definition) is 2. The van der Waals surface area contributed by atoms with Gasteiger partial charge in [0.2, 0.25) is 0 Å². The van der Waals surface area contributed by atoms with Crippen LogP contribution in [0.15, 0.2) is 24.3 Å². The van der Waals surface area contributed by atoms with Crippen molar-refractivity contribution in [1.29, 1.82) is 0 Å². The van der Waals surface area contributed by atoms with Gasteiger partial charge in [0.25, 0.3) is 10.2 Å². The van der Waals surface area contributed by atoms with Crippen LogP contribution in [-0.4, -0.2) is 49.8 Å². The highest BCUT2D eigenvalue weighted by Gasteiger charge is 2.31. The number of benzene rings is 1. The van der Waals surface area contributed by atoms with Gasteiger partial charge in [-0.05, 0) is 49.8 Å². The third kappa shape index (κ3) is 5.30. The molecule has 2 fully saturated rings. The Morgan fingerprint density at radius 3 is 2.43 bits per heavy atom. The van der Waals surface area contributed by atoms with Crippen LogP contribution < -0.4 is 10.9 Å². The maximum absolute atomic E-state index is 13.1. The van der Waals surface area contributed by atoms with Gasteiger partial charge in [0.05, 0.1) is 0 Å². The van der Waals surface area contributed by atoms with E-state index in [2.05, 4.69) is 10.9 Å². The second kappa shape index (κ2) is 9.63. The van der Waals surface area contributed by atoms with Crippen molar-refractivity contribution in [2.45, 2.75) is 69.5 Å². The highest BCUT2D eigenvalue weighted by molar-refractivity contribution is 7.86. The second-order valence-electron chi connectivity index (χ2n) is 8.11. The zero-order chi connectivity index (χ0) is 20.1. The largest absolute Gasteiger partial charge is 0.281 e. The quantitative estimate of drug-likeness (QED) is 0.689. The van der Waals surface area contributed by atoms with Gasteiger partial charge in [0.1, 0.15) is 5.82 Å². The second-order valence-corrected chi connectivity index (χ2v) is 10.2. The van der Waals surface area contributed by atoms with Crippen LogP contribution in [0.25, 0.3) is 0 Å². The third-order valence-corrected chi connectivity index (χ3v) is 8.12. The van der Waals surface area contributed by atoms with Gasteiger partial charge in [-0.2, -0.15) is 17.0 Å². The molecule has 0 spiro atoms. The standard InChI is InChI=1S/C20H33FN4O2S/c1-24(28(26,27)25(2)19-8-4-3-5-9-19)14-6-7-18-15-20(23-22-18)16-10-12-17(21)13-11-16/h10-13,18-20,22-23H,3-9,14-15H2,1-2H3. The summed E-state index contributed by atoms with van der Waals surface area (Å²) >= 11 is 0. The maximum Gasteiger partial charge on any atom is 0.281 e. The van der Waals surface area contributed by atoms with Gasteiger partial charge in [0.15, 0.2) is 0 Å². The van der Waals surface area contributed by atoms with Gasteiger partial charge in [0, 0.05) is 38.8 Å². The van der Waals surface area contributed by atoms with Crippen molar-refractivity contribution < 1.29 is 12.8 Å². The Morgan fingerprint density at radius 2 is 1.75 bits per heavy atom. The summed E-state index contributed by atoms with van der Waals surface area (Å²) in [5.41, 5.74) is 7.60. The number of nitrogens with zero attached hydrogens (tertiary/aromatic N) is 2. The summed E-state index contributed by atoms with van der Waals surface area (Å²) in [6, 6.07) is 7.14. The van der Waals surface area contributed by atoms with Crippen molar-refractivity contribution in [2.24, 2.45) is 0 Å². The molecule has 3 rings (SSSR count). The topological polar surface area (TPSA) is 64.7 Å². The first-order chi connectivity index (χ1) is 13.4. The third-order valence-electron chi connectivity index (χ3n) is 6.13. The molecule has 2 N–H and O–H groups in total. The summed E-state index contributed by atoms with van der Waals surface area (Å²) in [5.74, 6) is -0.228. The molecule has 2 atom stereocenters. The maximum atomic E-state index is 13.1. The average Bonchev–Trinajstić information content (AvgIpc) is 3.17. The molecule has 2 unspecified atom stereocenters. The molecule has 6 nitrogen and oxygen atoms in total. The van der Waals surface area contributed by atoms with Gasteiger partial charge in [-0.15, -0.1) is 0 Å². The molecule has 1 aromatic carbocycles. The monoisotopic (exact) mass is 412 g/mol. The first-order valence-corrected chi connectivity index (χ1v) is 11.7. The predicted molar refractivity (Wildman–Crippen MR) is 109 cm³/mol. The lowest BCUT2D eigenvalue weighted by Crippen LogP contribution is -2.46. The van der Waals surface area contributed by atoms with E-state index in [1.807, 2.05) is 0 Å². The van der Waals surface area contributed by atoms with Crippen LogP contribution in [0, 0.1) is 5.82 Å². The van der Waals surface area contributed by atoms with Crippen molar-refractivity contribution in [3.63, 3.8) is 0 Å². The minimum Gasteiger partial charge on any atom is -0.254 e. The molecule has 1 saturated carbocycles. The molecule has 1 aromatic rings. The summed E-state index contributed by atoms with van der Waals surface area (Å²) in [6.45, 7) is 0.513. The summed E-state index contributed by atoms with van der Waals surface area (Å²) < 4.78 is 41.8. The number of hydrogen-bond acceptors (Lipinski definition) is 4. The molecular formula is C20H33FN4O2S. The number of rotatable bonds is 8. The Hall–Kier alpha value is -1.06. The smallest absolute Gasteiger partial charge is 0.254 e. The van der Waals surface area contributed by atoms with Crippen LogP contribution in [0.1, 0.15) is 63.0 Å². The van der Waals surface area contributed by atoms with Crippen LogP contribution in [0.2, 0.25) is 0 Å². The van der Waals surface area contributed by atoms with Crippen molar-refractivity contribution in [3.05, 3.63) is 35.6 Å². The minimum absolute atomic E-state index is 0.137. The van der Waals surface area contributed by atoms with E-state index >= 15 is 0 Å². The van der Waals surface area contributed by atoms with Crippen molar-refractivity contribution in [1.82, 2.24) is 19.5 Å². The van der Waals surface area contributed by atoms with E-state index in [-0.39, 0.29) is 23.9 Å². The van der Waals surface area contributed by atoms with Crippen LogP contribution in [0.5, 0.6) is 0 Å². The highest BCUT2D eigenvalue weighted by Crippen LogP contribution is 2.26. The zero-order valence-corrected chi connectivity index (χ0v) is 17.7. The van der Waals surface area contributed by atoms with Gasteiger partial charge in [-0.3, -0.25) is 10.9 Å². The molecule has 1 heterocycles. The molecular weight excluding hydrogens is 379 g/mol. The lowest BCUT2D eigenvalue weighted by molar-refractivity contribution is 0.267. The van der Waals surface area contributed by atoms with Gasteiger partial charge < -0.3 is 0 Å². The van der Waals surface area contributed by atoms with Gasteiger partial charge >= 0.3 is 0 Å². The molecule has 0 bridgehead atoms. The van der Waals surface area contributed by atoms with E-state index in [0.717, 1.165) is 50.5 Å². The lowest BCUT2D eigenvalue weighted by Gasteiger charge is -2.33. The van der Waals surface area contributed by atoms with Crippen molar-refractivity contribution >= 4 is 10.2 Å². The van der Waals surface area contributed by atoms with E-state index in [9.17, 15) is 12.8 Å². The summed E-state index contributed by atoms with van der Waals surface area (Å²) in [6.07, 6.45) is 7.96. The molecule has 158 valence electrons. The van der Waals surface area contributed by atoms with Crippen LogP contribution in [0.3, 0.4) is 0 Å². The fourth-order valence-electron chi connectivity index (χ4n) is 4.25. The van der Waals surface area contributed by atoms with E-state index in [0.29, 0.717) is 6.54 Å². The van der Waals surface area contributed by atoms with Crippen LogP contribution >= 0.6 is 0 Å². The first-order valence-electron chi connectivity index (χ1n) is 10.3. The van der Waals surface area contributed by atoms with Gasteiger partial charge in [-0.1, -0.05) is 31.4 Å². The minimum atomic E-state index is -3.40. The molecule has 1 aliphatic heterocycles. The van der Waals surface area contributed by atoms with Gasteiger partial charge in [-0.25, -0.2) is 4.39 Å². The molecule has 1 saturated heterocycles. The molecule has 0 radical (unpaired) electrons. The van der Waals surface area contributed by atoms with E-state index < -0.39 is 10.2 Å². The Morgan fingerprint density at radius 1 is 1.07 bits per heavy atom. The predicted octanol–water partition coefficient (Wildman–Crippen LogP) is 2.95. The normalized spacial score (nSPS) is 24.3. The molecule has 28 heavy (non-hydrogen) atoms. The zero-order valence-electron chi connectivity index (χ0n) is 16.9.